The topological polar surface area (TPSA) is 64.3 Å². The van der Waals surface area contributed by atoms with Gasteiger partial charge >= 0.3 is 0 Å². The second-order valence-corrected chi connectivity index (χ2v) is 4.41. The fraction of sp³-hybridized carbons (Fsp3) is 0.500. The molecule has 1 aromatic rings. The van der Waals surface area contributed by atoms with Gasteiger partial charge in [-0.3, -0.25) is 4.79 Å². The van der Waals surface area contributed by atoms with Crippen LogP contribution in [0.5, 0.6) is 5.75 Å². The van der Waals surface area contributed by atoms with Crippen molar-refractivity contribution in [2.75, 3.05) is 20.2 Å². The smallest absolute Gasteiger partial charge is 0.265 e. The fourth-order valence-electron chi connectivity index (χ4n) is 1.19. The van der Waals surface area contributed by atoms with Crippen LogP contribution in [0, 0.1) is 6.92 Å². The molecule has 0 aliphatic heterocycles. The number of rotatable bonds is 5. The number of ether oxygens (including phenoxy) is 1. The lowest BCUT2D eigenvalue weighted by atomic mass is 10.3. The summed E-state index contributed by atoms with van der Waals surface area (Å²) < 4.78 is 5.12. The Morgan fingerprint density at radius 3 is 3.00 bits per heavy atom. The van der Waals surface area contributed by atoms with E-state index in [0.717, 1.165) is 11.3 Å². The van der Waals surface area contributed by atoms with E-state index in [4.69, 9.17) is 10.5 Å². The third-order valence-corrected chi connectivity index (χ3v) is 2.94. The zero-order valence-electron chi connectivity index (χ0n) is 9.00. The second-order valence-electron chi connectivity index (χ2n) is 3.15. The summed E-state index contributed by atoms with van der Waals surface area (Å²) in [5.74, 6) is 0.557. The number of carbonyl (C=O) groups excluding carboxylic acids is 1. The van der Waals surface area contributed by atoms with Crippen molar-refractivity contribution in [3.05, 3.63) is 15.8 Å². The third kappa shape index (κ3) is 3.21. The first-order chi connectivity index (χ1) is 7.19. The molecule has 0 unspecified atom stereocenters. The molecule has 15 heavy (non-hydrogen) atoms. The van der Waals surface area contributed by atoms with Crippen LogP contribution in [0.25, 0.3) is 0 Å². The summed E-state index contributed by atoms with van der Waals surface area (Å²) in [6.45, 7) is 3.14. The Balaban J connectivity index is 2.64. The van der Waals surface area contributed by atoms with Gasteiger partial charge in [0.15, 0.2) is 0 Å². The minimum Gasteiger partial charge on any atom is -0.495 e. The predicted molar refractivity (Wildman–Crippen MR) is 61.6 cm³/mol. The lowest BCUT2D eigenvalue weighted by Gasteiger charge is -2.03. The quantitative estimate of drug-likeness (QED) is 0.743. The molecule has 0 saturated heterocycles. The van der Waals surface area contributed by atoms with E-state index in [-0.39, 0.29) is 5.91 Å². The molecule has 0 spiro atoms. The summed E-state index contributed by atoms with van der Waals surface area (Å²) in [5, 5.41) is 2.80. The highest BCUT2D eigenvalue weighted by Crippen LogP contribution is 2.28. The van der Waals surface area contributed by atoms with Gasteiger partial charge in [-0.1, -0.05) is 0 Å². The third-order valence-electron chi connectivity index (χ3n) is 1.91. The van der Waals surface area contributed by atoms with E-state index in [2.05, 4.69) is 5.32 Å². The maximum Gasteiger partial charge on any atom is 0.265 e. The predicted octanol–water partition coefficient (Wildman–Crippen LogP) is 1.14. The average Bonchev–Trinajstić information content (AvgIpc) is 2.60. The maximum absolute atomic E-state index is 11.7. The van der Waals surface area contributed by atoms with Gasteiger partial charge in [-0.2, -0.15) is 0 Å². The SMILES string of the molecule is COc1cc(C)sc1C(=O)NCCCN. The first kappa shape index (κ1) is 12.0. The molecular formula is C10H16N2O2S. The Morgan fingerprint density at radius 2 is 2.40 bits per heavy atom. The summed E-state index contributed by atoms with van der Waals surface area (Å²) in [7, 11) is 1.57. The van der Waals surface area contributed by atoms with Crippen molar-refractivity contribution < 1.29 is 9.53 Å². The van der Waals surface area contributed by atoms with E-state index >= 15 is 0 Å². The number of methoxy groups -OCH3 is 1. The molecule has 0 aliphatic rings. The largest absolute Gasteiger partial charge is 0.495 e. The molecule has 0 atom stereocenters. The van der Waals surface area contributed by atoms with Crippen LogP contribution in [0.15, 0.2) is 6.07 Å². The normalized spacial score (nSPS) is 10.1. The monoisotopic (exact) mass is 228 g/mol. The van der Waals surface area contributed by atoms with E-state index in [9.17, 15) is 4.79 Å². The Morgan fingerprint density at radius 1 is 1.67 bits per heavy atom. The van der Waals surface area contributed by atoms with Gasteiger partial charge in [0.1, 0.15) is 10.6 Å². The molecule has 1 heterocycles. The van der Waals surface area contributed by atoms with Crippen LogP contribution in [0.4, 0.5) is 0 Å². The molecule has 0 saturated carbocycles. The highest BCUT2D eigenvalue weighted by Gasteiger charge is 2.14. The Labute approximate surface area is 93.4 Å². The van der Waals surface area contributed by atoms with Crippen LogP contribution in [-0.2, 0) is 0 Å². The van der Waals surface area contributed by atoms with Crippen molar-refractivity contribution in [3.63, 3.8) is 0 Å². The summed E-state index contributed by atoms with van der Waals surface area (Å²) in [4.78, 5) is 13.4. The van der Waals surface area contributed by atoms with Gasteiger partial charge in [-0.05, 0) is 26.0 Å². The summed E-state index contributed by atoms with van der Waals surface area (Å²) in [6, 6.07) is 1.86. The number of nitrogens with one attached hydrogen (secondary N) is 1. The molecule has 0 aliphatic carbocycles. The number of aryl methyl sites for hydroxylation is 1. The van der Waals surface area contributed by atoms with E-state index in [1.807, 2.05) is 13.0 Å². The molecule has 0 bridgehead atoms. The number of thiophene rings is 1. The summed E-state index contributed by atoms with van der Waals surface area (Å²) in [5.41, 5.74) is 5.34. The van der Waals surface area contributed by atoms with Crippen LogP contribution in [-0.4, -0.2) is 26.1 Å². The second kappa shape index (κ2) is 5.72. The van der Waals surface area contributed by atoms with Crippen LogP contribution < -0.4 is 15.8 Å². The molecule has 0 fully saturated rings. The van der Waals surface area contributed by atoms with Gasteiger partial charge in [0, 0.05) is 11.4 Å². The van der Waals surface area contributed by atoms with Crippen LogP contribution in [0.3, 0.4) is 0 Å². The lowest BCUT2D eigenvalue weighted by Crippen LogP contribution is -2.25. The van der Waals surface area contributed by atoms with Gasteiger partial charge < -0.3 is 15.8 Å². The van der Waals surface area contributed by atoms with E-state index in [1.54, 1.807) is 7.11 Å². The maximum atomic E-state index is 11.7. The van der Waals surface area contributed by atoms with Gasteiger partial charge in [-0.15, -0.1) is 11.3 Å². The lowest BCUT2D eigenvalue weighted by molar-refractivity contribution is 0.0955. The van der Waals surface area contributed by atoms with Crippen LogP contribution in [0.2, 0.25) is 0 Å². The Kier molecular flexibility index (Phi) is 4.58. The van der Waals surface area contributed by atoms with Crippen molar-refractivity contribution in [3.8, 4) is 5.75 Å². The van der Waals surface area contributed by atoms with E-state index < -0.39 is 0 Å². The van der Waals surface area contributed by atoms with Crippen molar-refractivity contribution in [1.29, 1.82) is 0 Å². The number of amides is 1. The molecule has 84 valence electrons. The number of nitrogens with two attached hydrogens (primary N) is 1. The zero-order valence-corrected chi connectivity index (χ0v) is 9.82. The average molecular weight is 228 g/mol. The van der Waals surface area contributed by atoms with Gasteiger partial charge in [0.2, 0.25) is 0 Å². The minimum absolute atomic E-state index is 0.0848. The van der Waals surface area contributed by atoms with Gasteiger partial charge in [0.25, 0.3) is 5.91 Å². The first-order valence-corrected chi connectivity index (χ1v) is 5.63. The van der Waals surface area contributed by atoms with Crippen LogP contribution >= 0.6 is 11.3 Å². The Bertz CT molecular complexity index is 336. The summed E-state index contributed by atoms with van der Waals surface area (Å²) >= 11 is 1.44. The van der Waals surface area contributed by atoms with Gasteiger partial charge in [0.05, 0.1) is 7.11 Å². The van der Waals surface area contributed by atoms with E-state index in [1.165, 1.54) is 11.3 Å². The molecule has 4 nitrogen and oxygen atoms in total. The number of carbonyl (C=O) groups is 1. The fourth-order valence-corrected chi connectivity index (χ4v) is 2.08. The molecule has 1 amide bonds. The number of hydrogen-bond donors (Lipinski definition) is 2. The highest BCUT2D eigenvalue weighted by molar-refractivity contribution is 7.14. The standard InChI is InChI=1S/C10H16N2O2S/c1-7-6-8(14-2)9(15-7)10(13)12-5-3-4-11/h6H,3-5,11H2,1-2H3,(H,12,13). The number of hydrogen-bond acceptors (Lipinski definition) is 4. The summed E-state index contributed by atoms with van der Waals surface area (Å²) in [6.07, 6.45) is 0.790. The van der Waals surface area contributed by atoms with Crippen molar-refractivity contribution in [1.82, 2.24) is 5.32 Å². The van der Waals surface area contributed by atoms with Crippen molar-refractivity contribution >= 4 is 17.2 Å². The molecule has 5 heteroatoms. The molecule has 1 rings (SSSR count). The molecule has 3 N–H and O–H groups in total. The molecular weight excluding hydrogens is 212 g/mol. The highest BCUT2D eigenvalue weighted by atomic mass is 32.1. The van der Waals surface area contributed by atoms with Crippen molar-refractivity contribution in [2.24, 2.45) is 5.73 Å². The van der Waals surface area contributed by atoms with Gasteiger partial charge in [-0.25, -0.2) is 0 Å². The van der Waals surface area contributed by atoms with E-state index in [0.29, 0.717) is 23.7 Å². The van der Waals surface area contributed by atoms with Crippen molar-refractivity contribution in [2.45, 2.75) is 13.3 Å². The molecule has 1 aromatic heterocycles. The zero-order chi connectivity index (χ0) is 11.3. The Hall–Kier alpha value is -1.07. The molecule has 0 radical (unpaired) electrons. The van der Waals surface area contributed by atoms with Crippen LogP contribution in [0.1, 0.15) is 21.0 Å². The molecule has 0 aromatic carbocycles. The minimum atomic E-state index is -0.0848. The first-order valence-electron chi connectivity index (χ1n) is 4.81.